The van der Waals surface area contributed by atoms with Crippen molar-refractivity contribution in [2.45, 2.75) is 19.3 Å². The van der Waals surface area contributed by atoms with Crippen LogP contribution in [0.5, 0.6) is 5.88 Å². The second-order valence-corrected chi connectivity index (χ2v) is 4.40. The fourth-order valence-corrected chi connectivity index (χ4v) is 1.66. The summed E-state index contributed by atoms with van der Waals surface area (Å²) in [6.07, 6.45) is -2.67. The number of hydrogen-bond acceptors (Lipinski definition) is 7. The Bertz CT molecular complexity index is 634. The average molecular weight is 294 g/mol. The zero-order valence-electron chi connectivity index (χ0n) is 11.2. The summed E-state index contributed by atoms with van der Waals surface area (Å²) in [6.45, 7) is 1.34. The van der Waals surface area contributed by atoms with Gasteiger partial charge in [0.15, 0.2) is 0 Å². The molecule has 0 aliphatic heterocycles. The van der Waals surface area contributed by atoms with Gasteiger partial charge in [-0.2, -0.15) is 9.97 Å². The number of nitrogens with two attached hydrogens (primary N) is 2. The van der Waals surface area contributed by atoms with Crippen LogP contribution in [-0.4, -0.2) is 32.6 Å². The Morgan fingerprint density at radius 3 is 2.33 bits per heavy atom. The molecule has 0 saturated carbocycles. The highest BCUT2D eigenvalue weighted by atomic mass is 19.1. The smallest absolute Gasteiger partial charge is 0.230 e. The number of hydrogen-bond donors (Lipinski definition) is 4. The van der Waals surface area contributed by atoms with Gasteiger partial charge in [0.2, 0.25) is 18.1 Å². The lowest BCUT2D eigenvalue weighted by molar-refractivity contribution is -0.0976. The number of halogens is 1. The van der Waals surface area contributed by atoms with Gasteiger partial charge < -0.3 is 26.4 Å². The highest BCUT2D eigenvalue weighted by molar-refractivity contribution is 5.79. The summed E-state index contributed by atoms with van der Waals surface area (Å²) < 4.78 is 18.2. The third kappa shape index (κ3) is 3.36. The summed E-state index contributed by atoms with van der Waals surface area (Å²) in [4.78, 5) is 7.67. The molecule has 0 radical (unpaired) electrons. The second kappa shape index (κ2) is 5.90. The molecule has 1 heterocycles. The van der Waals surface area contributed by atoms with E-state index in [9.17, 15) is 14.6 Å². The molecule has 1 aromatic heterocycles. The van der Waals surface area contributed by atoms with Crippen molar-refractivity contribution in [3.05, 3.63) is 30.1 Å². The number of ether oxygens (including phenoxy) is 1. The van der Waals surface area contributed by atoms with Crippen molar-refractivity contribution in [3.63, 3.8) is 0 Å². The van der Waals surface area contributed by atoms with Crippen LogP contribution in [0.25, 0.3) is 11.1 Å². The molecular weight excluding hydrogens is 279 g/mol. The maximum absolute atomic E-state index is 13.0. The van der Waals surface area contributed by atoms with Crippen LogP contribution in [0, 0.1) is 5.82 Å². The van der Waals surface area contributed by atoms with Gasteiger partial charge in [-0.05, 0) is 24.6 Å². The normalized spacial score (nSPS) is 13.7. The molecular formula is C13H15FN4O3. The van der Waals surface area contributed by atoms with Crippen molar-refractivity contribution in [1.29, 1.82) is 0 Å². The Balaban J connectivity index is 2.50. The fourth-order valence-electron chi connectivity index (χ4n) is 1.66. The van der Waals surface area contributed by atoms with Crippen molar-refractivity contribution in [1.82, 2.24) is 9.97 Å². The minimum Gasteiger partial charge on any atom is -0.444 e. The first-order valence-electron chi connectivity index (χ1n) is 6.10. The van der Waals surface area contributed by atoms with E-state index in [0.717, 1.165) is 0 Å². The lowest BCUT2D eigenvalue weighted by Crippen LogP contribution is -2.29. The molecule has 1 unspecified atom stereocenters. The molecule has 21 heavy (non-hydrogen) atoms. The zero-order chi connectivity index (χ0) is 15.6. The van der Waals surface area contributed by atoms with E-state index >= 15 is 0 Å². The molecule has 2 atom stereocenters. The van der Waals surface area contributed by atoms with Gasteiger partial charge in [-0.1, -0.05) is 12.1 Å². The Morgan fingerprint density at radius 2 is 1.76 bits per heavy atom. The first-order chi connectivity index (χ1) is 9.88. The van der Waals surface area contributed by atoms with Crippen molar-refractivity contribution in [2.24, 2.45) is 0 Å². The summed E-state index contributed by atoms with van der Waals surface area (Å²) in [5.41, 5.74) is 12.0. The number of aliphatic hydroxyl groups is 2. The third-order valence-corrected chi connectivity index (χ3v) is 2.70. The molecule has 2 aromatic rings. The van der Waals surface area contributed by atoms with E-state index < -0.39 is 18.2 Å². The minimum atomic E-state index is -1.52. The molecule has 7 nitrogen and oxygen atoms in total. The standard InChI is InChI=1S/C13H15FN4O3/c1-6(19)12(20)21-11-9(10(15)17-13(16)18-11)7-2-4-8(14)5-3-7/h2-6,12,19-20H,1H3,(H4,15,16,17,18)/t6?,12-/m1/s1. The summed E-state index contributed by atoms with van der Waals surface area (Å²) in [7, 11) is 0. The SMILES string of the molecule is CC(O)[C@H](O)Oc1nc(N)nc(N)c1-c1ccc(F)cc1. The zero-order valence-corrected chi connectivity index (χ0v) is 11.2. The minimum absolute atomic E-state index is 0.0156. The Labute approximate surface area is 120 Å². The fraction of sp³-hybridized carbons (Fsp3) is 0.231. The van der Waals surface area contributed by atoms with E-state index in [-0.39, 0.29) is 23.2 Å². The Morgan fingerprint density at radius 1 is 1.14 bits per heavy atom. The maximum atomic E-state index is 13.0. The van der Waals surface area contributed by atoms with Crippen LogP contribution >= 0.6 is 0 Å². The van der Waals surface area contributed by atoms with E-state index in [1.54, 1.807) is 0 Å². The van der Waals surface area contributed by atoms with Crippen LogP contribution in [0.4, 0.5) is 16.2 Å². The van der Waals surface area contributed by atoms with Crippen molar-refractivity contribution in [3.8, 4) is 17.0 Å². The number of nitrogens with zero attached hydrogens (tertiary/aromatic N) is 2. The van der Waals surface area contributed by atoms with Crippen LogP contribution in [0.15, 0.2) is 24.3 Å². The van der Waals surface area contributed by atoms with Gasteiger partial charge in [0.05, 0.1) is 5.56 Å². The van der Waals surface area contributed by atoms with Gasteiger partial charge in [-0.3, -0.25) is 0 Å². The molecule has 8 heteroatoms. The second-order valence-electron chi connectivity index (χ2n) is 4.40. The predicted octanol–water partition coefficient (Wildman–Crippen LogP) is 0.525. The highest BCUT2D eigenvalue weighted by Crippen LogP contribution is 2.34. The predicted molar refractivity (Wildman–Crippen MR) is 74.6 cm³/mol. The number of aliphatic hydroxyl groups excluding tert-OH is 2. The van der Waals surface area contributed by atoms with Gasteiger partial charge in [0.25, 0.3) is 0 Å². The van der Waals surface area contributed by atoms with E-state index in [1.165, 1.54) is 31.2 Å². The molecule has 0 spiro atoms. The molecule has 1 aromatic carbocycles. The lowest BCUT2D eigenvalue weighted by Gasteiger charge is -2.18. The van der Waals surface area contributed by atoms with E-state index in [1.807, 2.05) is 0 Å². The quantitative estimate of drug-likeness (QED) is 0.605. The Hall–Kier alpha value is -2.45. The molecule has 0 aliphatic carbocycles. The maximum Gasteiger partial charge on any atom is 0.230 e. The first-order valence-corrected chi connectivity index (χ1v) is 6.10. The van der Waals surface area contributed by atoms with Gasteiger partial charge in [0.1, 0.15) is 17.7 Å². The number of benzene rings is 1. The molecule has 0 amide bonds. The van der Waals surface area contributed by atoms with Gasteiger partial charge in [-0.25, -0.2) is 4.39 Å². The van der Waals surface area contributed by atoms with Crippen LogP contribution < -0.4 is 16.2 Å². The van der Waals surface area contributed by atoms with Crippen LogP contribution in [0.1, 0.15) is 6.92 Å². The largest absolute Gasteiger partial charge is 0.444 e. The van der Waals surface area contributed by atoms with E-state index in [2.05, 4.69) is 9.97 Å². The summed E-state index contributed by atoms with van der Waals surface area (Å²) >= 11 is 0. The third-order valence-electron chi connectivity index (χ3n) is 2.70. The van der Waals surface area contributed by atoms with Crippen LogP contribution in [0.2, 0.25) is 0 Å². The number of anilines is 2. The molecule has 0 bridgehead atoms. The Kier molecular flexibility index (Phi) is 4.20. The van der Waals surface area contributed by atoms with E-state index in [4.69, 9.17) is 16.2 Å². The monoisotopic (exact) mass is 294 g/mol. The van der Waals surface area contributed by atoms with Crippen molar-refractivity contribution < 1.29 is 19.3 Å². The van der Waals surface area contributed by atoms with Crippen molar-refractivity contribution in [2.75, 3.05) is 11.5 Å². The molecule has 0 saturated heterocycles. The summed E-state index contributed by atoms with van der Waals surface area (Å²) in [5.74, 6) is -0.645. The van der Waals surface area contributed by atoms with Crippen LogP contribution in [0.3, 0.4) is 0 Å². The van der Waals surface area contributed by atoms with Gasteiger partial charge in [-0.15, -0.1) is 0 Å². The molecule has 2 rings (SSSR count). The number of aromatic nitrogens is 2. The molecule has 0 fully saturated rings. The molecule has 6 N–H and O–H groups in total. The highest BCUT2D eigenvalue weighted by Gasteiger charge is 2.20. The van der Waals surface area contributed by atoms with Gasteiger partial charge >= 0.3 is 0 Å². The summed E-state index contributed by atoms with van der Waals surface area (Å²) in [5, 5.41) is 18.9. The number of nitrogen functional groups attached to an aromatic ring is 2. The molecule has 112 valence electrons. The lowest BCUT2D eigenvalue weighted by atomic mass is 10.1. The van der Waals surface area contributed by atoms with Gasteiger partial charge in [0, 0.05) is 0 Å². The van der Waals surface area contributed by atoms with E-state index in [0.29, 0.717) is 5.56 Å². The summed E-state index contributed by atoms with van der Waals surface area (Å²) in [6, 6.07) is 5.39. The van der Waals surface area contributed by atoms with Crippen molar-refractivity contribution >= 4 is 11.8 Å². The average Bonchev–Trinajstić information content (AvgIpc) is 2.39. The first kappa shape index (κ1) is 14.9. The van der Waals surface area contributed by atoms with Crippen LogP contribution in [-0.2, 0) is 0 Å². The topological polar surface area (TPSA) is 128 Å². The number of rotatable bonds is 4. The molecule has 0 aliphatic rings.